The van der Waals surface area contributed by atoms with Crippen LogP contribution < -0.4 is 5.73 Å². The maximum atomic E-state index is 12.8. The summed E-state index contributed by atoms with van der Waals surface area (Å²) < 4.78 is 32.8. The largest absolute Gasteiger partial charge is 0.480 e. The number of carboxylic acids is 1. The molecule has 368 valence electrons. The average molecular weight is 918 g/mol. The van der Waals surface area contributed by atoms with Gasteiger partial charge in [-0.3, -0.25) is 23.4 Å². The molecule has 0 aromatic heterocycles. The second kappa shape index (κ2) is 38.0. The van der Waals surface area contributed by atoms with Crippen LogP contribution in [0, 0.1) is 11.8 Å². The number of aliphatic hydroxyl groups is 3. The molecule has 63 heavy (non-hydrogen) atoms. The number of carbonyl (C=O) groups excluding carboxylic acids is 2. The molecule has 0 aromatic carbocycles. The molecule has 0 amide bonds. The Morgan fingerprint density at radius 1 is 0.683 bits per heavy atom. The molecule has 0 aromatic rings. The molecule has 0 radical (unpaired) electrons. The Morgan fingerprint density at radius 2 is 1.19 bits per heavy atom. The SMILES string of the molecule is CCCCCCCC/C=C\CCCCCCCCCCCC(=O)OC[C@H](COP(=O)(O)OC[C@H](N)C(=O)O)OC(=O)CCCCCC[C@@H]1[C@@H](/C=C/[C@@H](O)CCCCC)[C@H](O)C[C@@H]1O. The minimum atomic E-state index is -4.78. The Bertz CT molecular complexity index is 1280. The highest BCUT2D eigenvalue weighted by Crippen LogP contribution is 2.43. The van der Waals surface area contributed by atoms with E-state index in [1.165, 1.54) is 77.0 Å². The van der Waals surface area contributed by atoms with Crippen molar-refractivity contribution in [1.29, 1.82) is 0 Å². The molecule has 14 nitrogen and oxygen atoms in total. The summed E-state index contributed by atoms with van der Waals surface area (Å²) in [5.74, 6) is -2.90. The lowest BCUT2D eigenvalue weighted by Gasteiger charge is -2.21. The van der Waals surface area contributed by atoms with Crippen molar-refractivity contribution in [3.05, 3.63) is 24.3 Å². The number of phosphoric ester groups is 1. The quantitative estimate of drug-likeness (QED) is 0.0145. The van der Waals surface area contributed by atoms with Gasteiger partial charge in [-0.05, 0) is 57.3 Å². The number of nitrogens with two attached hydrogens (primary N) is 1. The van der Waals surface area contributed by atoms with Crippen molar-refractivity contribution in [3.63, 3.8) is 0 Å². The van der Waals surface area contributed by atoms with Crippen LogP contribution in [0.3, 0.4) is 0 Å². The molecule has 15 heteroatoms. The number of phosphoric acid groups is 1. The van der Waals surface area contributed by atoms with E-state index in [1.54, 1.807) is 6.08 Å². The predicted octanol–water partition coefficient (Wildman–Crippen LogP) is 9.78. The summed E-state index contributed by atoms with van der Waals surface area (Å²) in [6, 6.07) is -1.56. The van der Waals surface area contributed by atoms with Gasteiger partial charge < -0.3 is 40.5 Å². The smallest absolute Gasteiger partial charge is 0.472 e. The van der Waals surface area contributed by atoms with Crippen LogP contribution >= 0.6 is 7.82 Å². The first-order valence-corrected chi connectivity index (χ1v) is 26.1. The molecular formula is C48H88NO13P. The topological polar surface area (TPSA) is 232 Å². The fourth-order valence-corrected chi connectivity index (χ4v) is 8.64. The highest BCUT2D eigenvalue weighted by Gasteiger charge is 2.39. The predicted molar refractivity (Wildman–Crippen MR) is 247 cm³/mol. The van der Waals surface area contributed by atoms with Crippen molar-refractivity contribution in [2.24, 2.45) is 17.6 Å². The summed E-state index contributed by atoms with van der Waals surface area (Å²) in [4.78, 5) is 46.3. The normalized spacial score (nSPS) is 20.2. The Labute approximate surface area is 379 Å². The number of aliphatic carboxylic acids is 1. The Morgan fingerprint density at radius 3 is 1.78 bits per heavy atom. The number of allylic oxidation sites excluding steroid dienone is 2. The van der Waals surface area contributed by atoms with Gasteiger partial charge in [-0.15, -0.1) is 0 Å². The van der Waals surface area contributed by atoms with Crippen molar-refractivity contribution in [1.82, 2.24) is 0 Å². The number of hydrogen-bond acceptors (Lipinski definition) is 12. The lowest BCUT2D eigenvalue weighted by molar-refractivity contribution is -0.161. The van der Waals surface area contributed by atoms with Gasteiger partial charge in [-0.2, -0.15) is 0 Å². The second-order valence-electron chi connectivity index (χ2n) is 17.6. The maximum Gasteiger partial charge on any atom is 0.472 e. The summed E-state index contributed by atoms with van der Waals surface area (Å²) in [7, 11) is -4.78. The van der Waals surface area contributed by atoms with Crippen molar-refractivity contribution in [3.8, 4) is 0 Å². The molecule has 0 heterocycles. The van der Waals surface area contributed by atoms with E-state index in [-0.39, 0.29) is 24.7 Å². The van der Waals surface area contributed by atoms with Crippen LogP contribution in [-0.2, 0) is 37.5 Å². The van der Waals surface area contributed by atoms with Gasteiger partial charge in [0.2, 0.25) is 0 Å². The molecule has 8 atom stereocenters. The standard InChI is InChI=1S/C48H88NO13P/c1-3-5-7-8-9-10-11-12-13-14-15-16-17-18-19-20-21-22-27-31-46(53)59-36-40(37-60-63(57,58)61-38-43(49)48(55)56)62-47(54)32-28-24-23-26-30-41-42(45(52)35-44(41)51)34-33-39(50)29-25-6-4-2/h12-13,33-34,39-45,50-52H,3-11,14-32,35-38,49H2,1-2H3,(H,55,56)(H,57,58)/b13-12-,34-33+/t39-,40+,41+,42+,43-,44-,45+/m0/s1. The van der Waals surface area contributed by atoms with Crippen LogP contribution in [0.4, 0.5) is 0 Å². The third-order valence-electron chi connectivity index (χ3n) is 11.8. The number of esters is 2. The molecular weight excluding hydrogens is 829 g/mol. The van der Waals surface area contributed by atoms with Crippen molar-refractivity contribution < 1.29 is 62.8 Å². The van der Waals surface area contributed by atoms with Gasteiger partial charge in [-0.1, -0.05) is 154 Å². The molecule has 0 saturated heterocycles. The second-order valence-corrected chi connectivity index (χ2v) is 19.0. The summed E-state index contributed by atoms with van der Waals surface area (Å²) in [6.07, 6.45) is 33.0. The number of rotatable bonds is 42. The van der Waals surface area contributed by atoms with E-state index in [1.807, 2.05) is 6.08 Å². The molecule has 7 N–H and O–H groups in total. The maximum absolute atomic E-state index is 12.8. The summed E-state index contributed by atoms with van der Waals surface area (Å²) in [5, 5.41) is 40.4. The van der Waals surface area contributed by atoms with Crippen LogP contribution in [0.15, 0.2) is 24.3 Å². The number of carbonyl (C=O) groups is 3. The number of ether oxygens (including phenoxy) is 2. The first kappa shape index (κ1) is 58.9. The molecule has 0 spiro atoms. The van der Waals surface area contributed by atoms with E-state index < -0.39 is 76.0 Å². The van der Waals surface area contributed by atoms with Gasteiger partial charge in [0.25, 0.3) is 0 Å². The van der Waals surface area contributed by atoms with Gasteiger partial charge in [0.15, 0.2) is 6.10 Å². The van der Waals surface area contributed by atoms with Crippen LogP contribution in [0.25, 0.3) is 0 Å². The number of hydrogen-bond donors (Lipinski definition) is 6. The van der Waals surface area contributed by atoms with E-state index in [9.17, 15) is 39.2 Å². The first-order chi connectivity index (χ1) is 30.3. The summed E-state index contributed by atoms with van der Waals surface area (Å²) in [5.41, 5.74) is 5.34. The number of aliphatic hydroxyl groups excluding tert-OH is 3. The highest BCUT2D eigenvalue weighted by atomic mass is 31.2. The molecule has 1 aliphatic rings. The van der Waals surface area contributed by atoms with Gasteiger partial charge >= 0.3 is 25.7 Å². The number of unbranched alkanes of at least 4 members (excludes halogenated alkanes) is 20. The first-order valence-electron chi connectivity index (χ1n) is 24.6. The molecule has 1 aliphatic carbocycles. The molecule has 0 aliphatic heterocycles. The third kappa shape index (κ3) is 32.2. The van der Waals surface area contributed by atoms with E-state index in [0.717, 1.165) is 57.8 Å². The fourth-order valence-electron chi connectivity index (χ4n) is 7.86. The fraction of sp³-hybridized carbons (Fsp3) is 0.854. The van der Waals surface area contributed by atoms with E-state index in [0.29, 0.717) is 38.5 Å². The Balaban J connectivity index is 2.40. The Kier molecular flexibility index (Phi) is 35.5. The van der Waals surface area contributed by atoms with Crippen LogP contribution in [0.5, 0.6) is 0 Å². The lowest BCUT2D eigenvalue weighted by atomic mass is 9.88. The zero-order chi connectivity index (χ0) is 46.6. The van der Waals surface area contributed by atoms with Crippen molar-refractivity contribution in [2.45, 2.75) is 231 Å². The van der Waals surface area contributed by atoms with E-state index in [2.05, 4.69) is 30.5 Å². The zero-order valence-electron chi connectivity index (χ0n) is 39.0. The monoisotopic (exact) mass is 918 g/mol. The molecule has 1 fully saturated rings. The highest BCUT2D eigenvalue weighted by molar-refractivity contribution is 7.47. The zero-order valence-corrected chi connectivity index (χ0v) is 39.9. The molecule has 1 rings (SSSR count). The number of carboxylic acid groups (broad SMARTS) is 1. The van der Waals surface area contributed by atoms with E-state index in [4.69, 9.17) is 24.8 Å². The van der Waals surface area contributed by atoms with Crippen LogP contribution in [0.2, 0.25) is 0 Å². The van der Waals surface area contributed by atoms with E-state index >= 15 is 0 Å². The van der Waals surface area contributed by atoms with Crippen molar-refractivity contribution in [2.75, 3.05) is 19.8 Å². The summed E-state index contributed by atoms with van der Waals surface area (Å²) >= 11 is 0. The minimum absolute atomic E-state index is 0.0357. The Hall–Kier alpha value is -2.16. The average Bonchev–Trinajstić information content (AvgIpc) is 3.52. The minimum Gasteiger partial charge on any atom is -0.480 e. The van der Waals surface area contributed by atoms with Gasteiger partial charge in [0.05, 0.1) is 31.5 Å². The van der Waals surface area contributed by atoms with Crippen LogP contribution in [-0.4, -0.2) is 93.5 Å². The lowest BCUT2D eigenvalue weighted by Crippen LogP contribution is -2.34. The summed E-state index contributed by atoms with van der Waals surface area (Å²) in [6.45, 7) is 2.51. The molecule has 0 bridgehead atoms. The van der Waals surface area contributed by atoms with Crippen LogP contribution in [0.1, 0.15) is 200 Å². The third-order valence-corrected chi connectivity index (χ3v) is 12.7. The molecule has 1 unspecified atom stereocenters. The van der Waals surface area contributed by atoms with Gasteiger partial charge in [0, 0.05) is 25.2 Å². The molecule has 1 saturated carbocycles. The van der Waals surface area contributed by atoms with Crippen molar-refractivity contribution >= 4 is 25.7 Å². The van der Waals surface area contributed by atoms with Gasteiger partial charge in [-0.25, -0.2) is 4.57 Å². The van der Waals surface area contributed by atoms with Gasteiger partial charge in [0.1, 0.15) is 12.6 Å².